The van der Waals surface area contributed by atoms with E-state index in [9.17, 15) is 0 Å². The van der Waals surface area contributed by atoms with Gasteiger partial charge in [-0.15, -0.1) is 11.3 Å². The third-order valence-corrected chi connectivity index (χ3v) is 12.5. The van der Waals surface area contributed by atoms with Gasteiger partial charge in [0.2, 0.25) is 0 Å². The van der Waals surface area contributed by atoms with E-state index in [1.807, 2.05) is 11.3 Å². The van der Waals surface area contributed by atoms with Gasteiger partial charge in [0.05, 0.1) is 0 Å². The Morgan fingerprint density at radius 1 is 0.333 bits per heavy atom. The van der Waals surface area contributed by atoms with Gasteiger partial charge < -0.3 is 4.42 Å². The molecule has 12 aromatic rings. The van der Waals surface area contributed by atoms with Crippen LogP contribution in [0.25, 0.3) is 119 Å². The molecule has 2 heteroatoms. The van der Waals surface area contributed by atoms with Crippen molar-refractivity contribution >= 4 is 96.5 Å². The molecule has 1 nitrogen and oxygen atoms in total. The van der Waals surface area contributed by atoms with E-state index in [0.717, 1.165) is 27.7 Å². The van der Waals surface area contributed by atoms with E-state index in [2.05, 4.69) is 182 Å². The molecule has 0 aliphatic heterocycles. The van der Waals surface area contributed by atoms with Gasteiger partial charge in [-0.1, -0.05) is 158 Å². The number of hydrogen-bond donors (Lipinski definition) is 0. The largest absolute Gasteiger partial charge is 0.455 e. The van der Waals surface area contributed by atoms with Crippen molar-refractivity contribution < 1.29 is 4.42 Å². The van der Waals surface area contributed by atoms with E-state index in [0.29, 0.717) is 0 Å². The first kappa shape index (κ1) is 29.8. The van der Waals surface area contributed by atoms with E-state index in [4.69, 9.17) is 4.42 Å². The predicted octanol–water partition coefficient (Wildman–Crippen LogP) is 15.6. The van der Waals surface area contributed by atoms with Crippen molar-refractivity contribution in [2.45, 2.75) is 0 Å². The highest BCUT2D eigenvalue weighted by Gasteiger charge is 2.22. The summed E-state index contributed by atoms with van der Waals surface area (Å²) in [4.78, 5) is 0. The molecule has 0 spiro atoms. The molecule has 54 heavy (non-hydrogen) atoms. The second-order valence-corrected chi connectivity index (χ2v) is 15.4. The quantitative estimate of drug-likeness (QED) is 0.167. The number of thiophene rings is 1. The maximum absolute atomic E-state index is 6.87. The van der Waals surface area contributed by atoms with Crippen LogP contribution < -0.4 is 0 Å². The SMILES string of the molecule is c1cc(-c2c3ccccc3c(-c3cccc4ccccc34)c3ccccc23)cc(-c2cc3sc4ccc5ccccc5c4c3c3c2oc2ccccc23)c1. The van der Waals surface area contributed by atoms with E-state index in [1.54, 1.807) is 0 Å². The standard InChI is InChI=1S/C52H30OS/c1-3-18-35-31(13-1)15-12-25-37(35)48-40-22-7-5-20-38(40)47(39-21-6-8-23-41(39)48)34-17-11-16-33(29-34)43-30-46-51(50-42-24-9-10-26-44(42)53-52(43)50)49-36-19-4-2-14-32(36)27-28-45(49)54-46/h1-30H. The van der Waals surface area contributed by atoms with Crippen molar-refractivity contribution in [3.8, 4) is 33.4 Å². The molecule has 2 heterocycles. The van der Waals surface area contributed by atoms with Gasteiger partial charge in [-0.05, 0) is 95.2 Å². The molecule has 2 aromatic heterocycles. The van der Waals surface area contributed by atoms with Crippen LogP contribution in [0.4, 0.5) is 0 Å². The zero-order chi connectivity index (χ0) is 35.3. The van der Waals surface area contributed by atoms with Gasteiger partial charge in [0.15, 0.2) is 0 Å². The zero-order valence-corrected chi connectivity index (χ0v) is 30.0. The van der Waals surface area contributed by atoms with E-state index in [1.165, 1.54) is 90.9 Å². The lowest BCUT2D eigenvalue weighted by atomic mass is 9.84. The molecule has 0 bridgehead atoms. The van der Waals surface area contributed by atoms with Crippen LogP contribution in [0.3, 0.4) is 0 Å². The Morgan fingerprint density at radius 3 is 1.67 bits per heavy atom. The zero-order valence-electron chi connectivity index (χ0n) is 29.1. The van der Waals surface area contributed by atoms with Gasteiger partial charge in [-0.25, -0.2) is 0 Å². The summed E-state index contributed by atoms with van der Waals surface area (Å²) in [6.07, 6.45) is 0. The fourth-order valence-electron chi connectivity index (χ4n) is 9.15. The average Bonchev–Trinajstić information content (AvgIpc) is 3.81. The number of para-hydroxylation sites is 1. The van der Waals surface area contributed by atoms with Crippen LogP contribution in [0.2, 0.25) is 0 Å². The van der Waals surface area contributed by atoms with Crippen molar-refractivity contribution in [3.05, 3.63) is 182 Å². The minimum atomic E-state index is 0.915. The fraction of sp³-hybridized carbons (Fsp3) is 0. The Kier molecular flexibility index (Phi) is 6.28. The third-order valence-electron chi connectivity index (χ3n) is 11.4. The molecule has 0 aliphatic carbocycles. The van der Waals surface area contributed by atoms with Crippen LogP contribution in [0, 0.1) is 0 Å². The van der Waals surface area contributed by atoms with E-state index in [-0.39, 0.29) is 0 Å². The minimum absolute atomic E-state index is 0.915. The highest BCUT2D eigenvalue weighted by molar-refractivity contribution is 7.26. The molecule has 0 fully saturated rings. The molecule has 0 N–H and O–H groups in total. The summed E-state index contributed by atoms with van der Waals surface area (Å²) in [6.45, 7) is 0. The number of benzene rings is 10. The van der Waals surface area contributed by atoms with Crippen molar-refractivity contribution in [2.75, 3.05) is 0 Å². The second kappa shape index (κ2) is 11.4. The summed E-state index contributed by atoms with van der Waals surface area (Å²) in [5.74, 6) is 0. The first-order valence-electron chi connectivity index (χ1n) is 18.5. The van der Waals surface area contributed by atoms with Crippen molar-refractivity contribution in [1.29, 1.82) is 0 Å². The smallest absolute Gasteiger partial charge is 0.143 e. The summed E-state index contributed by atoms with van der Waals surface area (Å²) in [5.41, 5.74) is 9.10. The van der Waals surface area contributed by atoms with E-state index < -0.39 is 0 Å². The maximum atomic E-state index is 6.87. The van der Waals surface area contributed by atoms with Crippen LogP contribution in [0.5, 0.6) is 0 Å². The molecule has 0 unspecified atom stereocenters. The Hall–Kier alpha value is -6.74. The van der Waals surface area contributed by atoms with Gasteiger partial charge in [0, 0.05) is 36.5 Å². The second-order valence-electron chi connectivity index (χ2n) is 14.3. The van der Waals surface area contributed by atoms with Gasteiger partial charge >= 0.3 is 0 Å². The molecule has 12 rings (SSSR count). The minimum Gasteiger partial charge on any atom is -0.455 e. The molecular formula is C52H30OS. The van der Waals surface area contributed by atoms with Crippen LogP contribution in [0.1, 0.15) is 0 Å². The number of rotatable bonds is 3. The lowest BCUT2D eigenvalue weighted by molar-refractivity contribution is 0.670. The molecule has 10 aromatic carbocycles. The maximum Gasteiger partial charge on any atom is 0.143 e. The van der Waals surface area contributed by atoms with Gasteiger partial charge in [-0.3, -0.25) is 0 Å². The van der Waals surface area contributed by atoms with Gasteiger partial charge in [0.1, 0.15) is 11.2 Å². The topological polar surface area (TPSA) is 13.1 Å². The van der Waals surface area contributed by atoms with Crippen LogP contribution >= 0.6 is 11.3 Å². The molecule has 0 radical (unpaired) electrons. The molecule has 0 aliphatic rings. The van der Waals surface area contributed by atoms with Crippen molar-refractivity contribution in [3.63, 3.8) is 0 Å². The highest BCUT2D eigenvalue weighted by atomic mass is 32.1. The predicted molar refractivity (Wildman–Crippen MR) is 233 cm³/mol. The summed E-state index contributed by atoms with van der Waals surface area (Å²) in [6, 6.07) is 66.6. The Morgan fingerprint density at radius 2 is 0.907 bits per heavy atom. The number of hydrogen-bond acceptors (Lipinski definition) is 2. The van der Waals surface area contributed by atoms with Crippen LogP contribution in [-0.2, 0) is 0 Å². The lowest BCUT2D eigenvalue weighted by Gasteiger charge is -2.19. The van der Waals surface area contributed by atoms with Crippen molar-refractivity contribution in [1.82, 2.24) is 0 Å². The summed E-state index contributed by atoms with van der Waals surface area (Å²) >= 11 is 1.87. The van der Waals surface area contributed by atoms with Crippen LogP contribution in [-0.4, -0.2) is 0 Å². The Bertz CT molecular complexity index is 3450. The highest BCUT2D eigenvalue weighted by Crippen LogP contribution is 2.50. The van der Waals surface area contributed by atoms with E-state index >= 15 is 0 Å². The molecule has 0 saturated carbocycles. The normalized spacial score (nSPS) is 12.1. The number of furan rings is 1. The van der Waals surface area contributed by atoms with Crippen LogP contribution in [0.15, 0.2) is 186 Å². The third kappa shape index (κ3) is 4.20. The first-order chi connectivity index (χ1) is 26.8. The summed E-state index contributed by atoms with van der Waals surface area (Å²) in [5, 5.41) is 15.0. The number of fused-ring (bicyclic) bond motifs is 12. The molecular weight excluding hydrogens is 673 g/mol. The first-order valence-corrected chi connectivity index (χ1v) is 19.3. The summed E-state index contributed by atoms with van der Waals surface area (Å²) in [7, 11) is 0. The lowest BCUT2D eigenvalue weighted by Crippen LogP contribution is -1.92. The summed E-state index contributed by atoms with van der Waals surface area (Å²) < 4.78 is 9.44. The fourth-order valence-corrected chi connectivity index (χ4v) is 10.3. The molecule has 0 saturated heterocycles. The van der Waals surface area contributed by atoms with Gasteiger partial charge in [0.25, 0.3) is 0 Å². The van der Waals surface area contributed by atoms with Gasteiger partial charge in [-0.2, -0.15) is 0 Å². The molecule has 0 atom stereocenters. The Balaban J connectivity index is 1.15. The molecule has 250 valence electrons. The van der Waals surface area contributed by atoms with Crippen molar-refractivity contribution in [2.24, 2.45) is 0 Å². The Labute approximate surface area is 314 Å². The molecule has 0 amide bonds. The average molecular weight is 703 g/mol. The monoisotopic (exact) mass is 702 g/mol.